The van der Waals surface area contributed by atoms with E-state index < -0.39 is 0 Å². The third-order valence-electron chi connectivity index (χ3n) is 11.5. The van der Waals surface area contributed by atoms with Gasteiger partial charge in [-0.05, 0) is 97.4 Å². The van der Waals surface area contributed by atoms with Crippen LogP contribution in [0.5, 0.6) is 0 Å². The molecule has 0 saturated heterocycles. The van der Waals surface area contributed by atoms with Gasteiger partial charge in [-0.25, -0.2) is 0 Å². The summed E-state index contributed by atoms with van der Waals surface area (Å²) in [6.07, 6.45) is 0. The molecule has 0 bridgehead atoms. The van der Waals surface area contributed by atoms with Crippen LogP contribution in [0.25, 0.3) is 88.0 Å². The first-order valence-corrected chi connectivity index (χ1v) is 19.8. The van der Waals surface area contributed by atoms with E-state index in [1.54, 1.807) is 0 Å². The van der Waals surface area contributed by atoms with Crippen molar-refractivity contribution in [2.75, 3.05) is 4.90 Å². The summed E-state index contributed by atoms with van der Waals surface area (Å²) in [6.45, 7) is 0. The van der Waals surface area contributed by atoms with Crippen LogP contribution in [0.15, 0.2) is 229 Å². The molecule has 11 aromatic rings. The maximum absolute atomic E-state index is 6.68. The summed E-state index contributed by atoms with van der Waals surface area (Å²) < 4.78 is 6.68. The molecule has 0 fully saturated rings. The number of hydrogen-bond acceptors (Lipinski definition) is 2. The minimum absolute atomic E-state index is 0.862. The fourth-order valence-corrected chi connectivity index (χ4v) is 8.69. The zero-order valence-electron chi connectivity index (χ0n) is 31.7. The number of anilines is 3. The van der Waals surface area contributed by atoms with E-state index in [2.05, 4.69) is 229 Å². The van der Waals surface area contributed by atoms with Gasteiger partial charge in [-0.2, -0.15) is 0 Å². The Morgan fingerprint density at radius 3 is 1.72 bits per heavy atom. The van der Waals surface area contributed by atoms with Crippen molar-refractivity contribution in [3.05, 3.63) is 224 Å². The van der Waals surface area contributed by atoms with Crippen molar-refractivity contribution < 1.29 is 4.42 Å². The van der Waals surface area contributed by atoms with E-state index in [0.29, 0.717) is 0 Å². The molecule has 0 unspecified atom stereocenters. The SMILES string of the molecule is c1ccc(-c2ccc(N(c3ccc4oc5c(-c6ccccc6)cccc5c4c3)c3cccc(-c4cccc5ccccc45)c3-c3ccc4ccccc4c3)cc2)cc1. The average Bonchev–Trinajstić information content (AvgIpc) is 3.68. The quantitative estimate of drug-likeness (QED) is 0.162. The molecule has 1 aromatic heterocycles. The number of nitrogens with zero attached hydrogens (tertiary/aromatic N) is 1. The third kappa shape index (κ3) is 5.82. The van der Waals surface area contributed by atoms with E-state index in [1.165, 1.54) is 49.4 Å². The topological polar surface area (TPSA) is 16.4 Å². The highest BCUT2D eigenvalue weighted by molar-refractivity contribution is 6.11. The van der Waals surface area contributed by atoms with Crippen molar-refractivity contribution in [2.24, 2.45) is 0 Å². The average molecular weight is 740 g/mol. The molecular formula is C56H37NO. The van der Waals surface area contributed by atoms with Crippen LogP contribution in [0.1, 0.15) is 0 Å². The molecule has 0 aliphatic carbocycles. The van der Waals surface area contributed by atoms with Crippen LogP contribution in [0.4, 0.5) is 17.1 Å². The molecule has 11 rings (SSSR count). The Bertz CT molecular complexity index is 3270. The summed E-state index contributed by atoms with van der Waals surface area (Å²) in [5, 5.41) is 7.04. The van der Waals surface area contributed by atoms with Crippen molar-refractivity contribution in [1.29, 1.82) is 0 Å². The van der Waals surface area contributed by atoms with E-state index in [1.807, 2.05) is 0 Å². The van der Waals surface area contributed by atoms with Gasteiger partial charge in [0.05, 0.1) is 5.69 Å². The molecule has 0 radical (unpaired) electrons. The smallest absolute Gasteiger partial charge is 0.143 e. The molecule has 272 valence electrons. The zero-order chi connectivity index (χ0) is 38.4. The number of fused-ring (bicyclic) bond motifs is 5. The molecule has 0 aliphatic heterocycles. The van der Waals surface area contributed by atoms with Crippen LogP contribution in [-0.4, -0.2) is 0 Å². The first kappa shape index (κ1) is 33.6. The molecule has 58 heavy (non-hydrogen) atoms. The van der Waals surface area contributed by atoms with Crippen LogP contribution in [-0.2, 0) is 0 Å². The second-order valence-electron chi connectivity index (χ2n) is 14.9. The highest BCUT2D eigenvalue weighted by Crippen LogP contribution is 2.48. The first-order chi connectivity index (χ1) is 28.8. The van der Waals surface area contributed by atoms with E-state index in [0.717, 1.165) is 55.7 Å². The molecule has 1 heterocycles. The molecule has 0 saturated carbocycles. The second-order valence-corrected chi connectivity index (χ2v) is 14.9. The number of hydrogen-bond donors (Lipinski definition) is 0. The molecule has 0 N–H and O–H groups in total. The van der Waals surface area contributed by atoms with E-state index >= 15 is 0 Å². The molecule has 2 heteroatoms. The standard InChI is InChI=1S/C56H37NO/c1-3-14-38(15-4-1)40-30-32-45(33-31-40)57(46-34-35-54-52(37-46)51-26-12-23-48(56(51)58-54)42-17-5-2-6-18-42)53-27-13-25-50(49-24-11-21-41-19-9-10-22-47(41)49)55(53)44-29-28-39-16-7-8-20-43(39)36-44/h1-37H. The number of furan rings is 1. The monoisotopic (exact) mass is 739 g/mol. The summed E-state index contributed by atoms with van der Waals surface area (Å²) in [4.78, 5) is 2.42. The molecule has 2 nitrogen and oxygen atoms in total. The Hall–Kier alpha value is -7.68. The maximum atomic E-state index is 6.68. The Balaban J connectivity index is 1.18. The molecular weight excluding hydrogens is 703 g/mol. The van der Waals surface area contributed by atoms with Crippen LogP contribution < -0.4 is 4.90 Å². The largest absolute Gasteiger partial charge is 0.455 e. The predicted molar refractivity (Wildman–Crippen MR) is 245 cm³/mol. The van der Waals surface area contributed by atoms with Gasteiger partial charge < -0.3 is 9.32 Å². The lowest BCUT2D eigenvalue weighted by Gasteiger charge is -2.29. The van der Waals surface area contributed by atoms with Crippen LogP contribution in [0.2, 0.25) is 0 Å². The minimum Gasteiger partial charge on any atom is -0.455 e. The van der Waals surface area contributed by atoms with Crippen LogP contribution >= 0.6 is 0 Å². The maximum Gasteiger partial charge on any atom is 0.143 e. The van der Waals surface area contributed by atoms with Gasteiger partial charge >= 0.3 is 0 Å². The lowest BCUT2D eigenvalue weighted by atomic mass is 9.89. The van der Waals surface area contributed by atoms with Crippen molar-refractivity contribution in [3.8, 4) is 44.5 Å². The van der Waals surface area contributed by atoms with Gasteiger partial charge in [-0.3, -0.25) is 0 Å². The summed E-state index contributed by atoms with van der Waals surface area (Å²) in [6, 6.07) is 80.8. The van der Waals surface area contributed by atoms with E-state index in [4.69, 9.17) is 4.42 Å². The summed E-state index contributed by atoms with van der Waals surface area (Å²) in [7, 11) is 0. The highest BCUT2D eigenvalue weighted by atomic mass is 16.3. The predicted octanol–water partition coefficient (Wildman–Crippen LogP) is 16.0. The Labute approximate surface area is 337 Å². The summed E-state index contributed by atoms with van der Waals surface area (Å²) >= 11 is 0. The second kappa shape index (κ2) is 14.1. The highest BCUT2D eigenvalue weighted by Gasteiger charge is 2.23. The number of para-hydroxylation sites is 1. The van der Waals surface area contributed by atoms with Gasteiger partial charge in [0.2, 0.25) is 0 Å². The lowest BCUT2D eigenvalue weighted by Crippen LogP contribution is -2.12. The number of benzene rings is 10. The van der Waals surface area contributed by atoms with Crippen molar-refractivity contribution in [2.45, 2.75) is 0 Å². The van der Waals surface area contributed by atoms with E-state index in [9.17, 15) is 0 Å². The Morgan fingerprint density at radius 1 is 0.310 bits per heavy atom. The Kier molecular flexibility index (Phi) is 8.19. The van der Waals surface area contributed by atoms with Gasteiger partial charge in [0.1, 0.15) is 11.2 Å². The van der Waals surface area contributed by atoms with Gasteiger partial charge in [-0.15, -0.1) is 0 Å². The summed E-state index contributed by atoms with van der Waals surface area (Å²) in [5.41, 5.74) is 14.3. The van der Waals surface area contributed by atoms with Crippen molar-refractivity contribution in [1.82, 2.24) is 0 Å². The lowest BCUT2D eigenvalue weighted by molar-refractivity contribution is 0.670. The molecule has 10 aromatic carbocycles. The normalized spacial score (nSPS) is 11.4. The minimum atomic E-state index is 0.862. The van der Waals surface area contributed by atoms with Crippen LogP contribution in [0.3, 0.4) is 0 Å². The fraction of sp³-hybridized carbons (Fsp3) is 0. The van der Waals surface area contributed by atoms with Gasteiger partial charge in [0, 0.05) is 33.3 Å². The van der Waals surface area contributed by atoms with Gasteiger partial charge in [0.25, 0.3) is 0 Å². The molecule has 0 aliphatic rings. The number of rotatable bonds is 7. The Morgan fingerprint density at radius 2 is 0.897 bits per heavy atom. The molecule has 0 atom stereocenters. The summed E-state index contributed by atoms with van der Waals surface area (Å²) in [5.74, 6) is 0. The van der Waals surface area contributed by atoms with Crippen LogP contribution in [0, 0.1) is 0 Å². The van der Waals surface area contributed by atoms with Gasteiger partial charge in [-0.1, -0.05) is 182 Å². The third-order valence-corrected chi connectivity index (χ3v) is 11.5. The molecule has 0 amide bonds. The molecule has 0 spiro atoms. The van der Waals surface area contributed by atoms with Crippen molar-refractivity contribution >= 4 is 60.5 Å². The van der Waals surface area contributed by atoms with Gasteiger partial charge in [0.15, 0.2) is 0 Å². The zero-order valence-corrected chi connectivity index (χ0v) is 31.7. The van der Waals surface area contributed by atoms with E-state index in [-0.39, 0.29) is 0 Å². The van der Waals surface area contributed by atoms with Crippen molar-refractivity contribution in [3.63, 3.8) is 0 Å². The fourth-order valence-electron chi connectivity index (χ4n) is 8.69. The first-order valence-electron chi connectivity index (χ1n) is 19.8.